The molecule has 1 saturated carbocycles. The van der Waals surface area contributed by atoms with E-state index in [2.05, 4.69) is 18.3 Å². The summed E-state index contributed by atoms with van der Waals surface area (Å²) in [5, 5.41) is 4.02. The molecule has 1 aromatic rings. The Labute approximate surface area is 114 Å². The highest BCUT2D eigenvalue weighted by Crippen LogP contribution is 2.35. The van der Waals surface area contributed by atoms with E-state index in [1.807, 2.05) is 11.8 Å². The summed E-state index contributed by atoms with van der Waals surface area (Å²) in [6, 6.07) is 5.45. The van der Waals surface area contributed by atoms with Gasteiger partial charge >= 0.3 is 0 Å². The van der Waals surface area contributed by atoms with E-state index in [9.17, 15) is 4.39 Å². The molecule has 100 valence electrons. The molecule has 0 bridgehead atoms. The highest BCUT2D eigenvalue weighted by molar-refractivity contribution is 8.00. The van der Waals surface area contributed by atoms with Crippen LogP contribution in [0.3, 0.4) is 0 Å². The molecule has 0 saturated heterocycles. The fourth-order valence-corrected chi connectivity index (χ4v) is 3.75. The van der Waals surface area contributed by atoms with Gasteiger partial charge in [0.05, 0.1) is 0 Å². The predicted molar refractivity (Wildman–Crippen MR) is 76.5 cm³/mol. The van der Waals surface area contributed by atoms with Crippen LogP contribution in [0.2, 0.25) is 0 Å². The molecule has 1 nitrogen and oxygen atoms in total. The molecule has 1 fully saturated rings. The van der Waals surface area contributed by atoms with E-state index in [0.29, 0.717) is 5.25 Å². The first-order valence-electron chi connectivity index (χ1n) is 6.95. The Kier molecular flexibility index (Phi) is 5.51. The summed E-state index contributed by atoms with van der Waals surface area (Å²) >= 11 is 1.85. The average molecular weight is 267 g/mol. The Balaban J connectivity index is 1.96. The Morgan fingerprint density at radius 3 is 2.78 bits per heavy atom. The van der Waals surface area contributed by atoms with Gasteiger partial charge in [0.25, 0.3) is 0 Å². The topological polar surface area (TPSA) is 12.0 Å². The zero-order chi connectivity index (χ0) is 12.8. The summed E-state index contributed by atoms with van der Waals surface area (Å²) in [6.45, 7) is 3.89. The molecule has 3 heteroatoms. The van der Waals surface area contributed by atoms with E-state index in [1.165, 1.54) is 25.7 Å². The largest absolute Gasteiger partial charge is 0.313 e. The second-order valence-corrected chi connectivity index (χ2v) is 6.37. The fourth-order valence-electron chi connectivity index (χ4n) is 2.40. The van der Waals surface area contributed by atoms with Crippen LogP contribution in [0.25, 0.3) is 0 Å². The molecule has 1 aromatic carbocycles. The molecule has 0 spiro atoms. The average Bonchev–Trinajstić information content (AvgIpc) is 2.81. The minimum absolute atomic E-state index is 0.105. The van der Waals surface area contributed by atoms with Crippen molar-refractivity contribution in [2.75, 3.05) is 6.54 Å². The maximum Gasteiger partial charge on any atom is 0.124 e. The number of thioether (sulfide) groups is 1. The summed E-state index contributed by atoms with van der Waals surface area (Å²) in [5.41, 5.74) is 1.06. The standard InChI is InChI=1S/C15H22FNS/c1-2-7-17-11-12-8-13(16)10-15(9-12)18-14-5-3-4-6-14/h8-10,14,17H,2-7,11H2,1H3. The number of hydrogen-bond acceptors (Lipinski definition) is 2. The lowest BCUT2D eigenvalue weighted by Crippen LogP contribution is -2.13. The molecule has 1 aliphatic rings. The van der Waals surface area contributed by atoms with Gasteiger partial charge in [-0.3, -0.25) is 0 Å². The molecule has 0 aliphatic heterocycles. The summed E-state index contributed by atoms with van der Waals surface area (Å²) in [6.07, 6.45) is 6.34. The van der Waals surface area contributed by atoms with Gasteiger partial charge in [-0.15, -0.1) is 11.8 Å². The Morgan fingerprint density at radius 2 is 2.06 bits per heavy atom. The smallest absolute Gasteiger partial charge is 0.124 e. The van der Waals surface area contributed by atoms with Gasteiger partial charge in [0, 0.05) is 16.7 Å². The predicted octanol–water partition coefficient (Wildman–Crippen LogP) is 4.36. The summed E-state index contributed by atoms with van der Waals surface area (Å²) in [5.74, 6) is -0.105. The lowest BCUT2D eigenvalue weighted by molar-refractivity contribution is 0.615. The maximum absolute atomic E-state index is 13.6. The van der Waals surface area contributed by atoms with Crippen LogP contribution in [-0.4, -0.2) is 11.8 Å². The minimum atomic E-state index is -0.105. The van der Waals surface area contributed by atoms with Crippen LogP contribution in [0.15, 0.2) is 23.1 Å². The van der Waals surface area contributed by atoms with Gasteiger partial charge < -0.3 is 5.32 Å². The van der Waals surface area contributed by atoms with Gasteiger partial charge in [-0.25, -0.2) is 4.39 Å². The third kappa shape index (κ3) is 4.29. The van der Waals surface area contributed by atoms with Crippen molar-refractivity contribution in [3.63, 3.8) is 0 Å². The van der Waals surface area contributed by atoms with Gasteiger partial charge in [-0.2, -0.15) is 0 Å². The van der Waals surface area contributed by atoms with E-state index in [-0.39, 0.29) is 5.82 Å². The number of hydrogen-bond donors (Lipinski definition) is 1. The van der Waals surface area contributed by atoms with Crippen LogP contribution in [0.4, 0.5) is 4.39 Å². The molecule has 0 unspecified atom stereocenters. The Morgan fingerprint density at radius 1 is 1.28 bits per heavy atom. The quantitative estimate of drug-likeness (QED) is 0.769. The van der Waals surface area contributed by atoms with Gasteiger partial charge in [0.15, 0.2) is 0 Å². The van der Waals surface area contributed by atoms with Gasteiger partial charge in [-0.05, 0) is 49.6 Å². The lowest BCUT2D eigenvalue weighted by Gasteiger charge is -2.11. The Hall–Kier alpha value is -0.540. The number of nitrogens with one attached hydrogen (secondary N) is 1. The maximum atomic E-state index is 13.6. The number of benzene rings is 1. The molecular weight excluding hydrogens is 245 g/mol. The minimum Gasteiger partial charge on any atom is -0.313 e. The van der Waals surface area contributed by atoms with Crippen LogP contribution >= 0.6 is 11.8 Å². The van der Waals surface area contributed by atoms with Gasteiger partial charge in [0.2, 0.25) is 0 Å². The molecule has 18 heavy (non-hydrogen) atoms. The molecule has 1 N–H and O–H groups in total. The van der Waals surface area contributed by atoms with E-state index >= 15 is 0 Å². The monoisotopic (exact) mass is 267 g/mol. The normalized spacial score (nSPS) is 16.3. The first kappa shape index (κ1) is 13.9. The molecule has 2 rings (SSSR count). The van der Waals surface area contributed by atoms with Crippen LogP contribution < -0.4 is 5.32 Å². The molecule has 0 atom stereocenters. The summed E-state index contributed by atoms with van der Waals surface area (Å²) in [7, 11) is 0. The fraction of sp³-hybridized carbons (Fsp3) is 0.600. The highest BCUT2D eigenvalue weighted by Gasteiger charge is 2.16. The van der Waals surface area contributed by atoms with Crippen molar-refractivity contribution < 1.29 is 4.39 Å². The number of halogens is 1. The van der Waals surface area contributed by atoms with Gasteiger partial charge in [0.1, 0.15) is 5.82 Å². The van der Waals surface area contributed by atoms with Crippen molar-refractivity contribution in [3.8, 4) is 0 Å². The van der Waals surface area contributed by atoms with Crippen molar-refractivity contribution >= 4 is 11.8 Å². The molecule has 0 heterocycles. The molecule has 0 amide bonds. The van der Waals surface area contributed by atoms with Crippen molar-refractivity contribution in [1.82, 2.24) is 5.32 Å². The number of rotatable bonds is 6. The molecule has 0 radical (unpaired) electrons. The van der Waals surface area contributed by atoms with Crippen molar-refractivity contribution in [2.24, 2.45) is 0 Å². The third-order valence-electron chi connectivity index (χ3n) is 3.29. The van der Waals surface area contributed by atoms with E-state index in [1.54, 1.807) is 12.1 Å². The van der Waals surface area contributed by atoms with Crippen LogP contribution in [0, 0.1) is 5.82 Å². The summed E-state index contributed by atoms with van der Waals surface area (Å²) in [4.78, 5) is 1.09. The summed E-state index contributed by atoms with van der Waals surface area (Å²) < 4.78 is 13.6. The molecule has 0 aromatic heterocycles. The van der Waals surface area contributed by atoms with Crippen molar-refractivity contribution in [2.45, 2.75) is 55.7 Å². The van der Waals surface area contributed by atoms with E-state index in [4.69, 9.17) is 0 Å². The van der Waals surface area contributed by atoms with Crippen LogP contribution in [0.5, 0.6) is 0 Å². The zero-order valence-corrected chi connectivity index (χ0v) is 11.9. The first-order chi connectivity index (χ1) is 8.78. The first-order valence-corrected chi connectivity index (χ1v) is 7.82. The van der Waals surface area contributed by atoms with Crippen molar-refractivity contribution in [3.05, 3.63) is 29.6 Å². The van der Waals surface area contributed by atoms with Crippen LogP contribution in [-0.2, 0) is 6.54 Å². The Bertz CT molecular complexity index is 375. The second kappa shape index (κ2) is 7.15. The SMILES string of the molecule is CCCNCc1cc(F)cc(SC2CCCC2)c1. The van der Waals surface area contributed by atoms with E-state index in [0.717, 1.165) is 30.0 Å². The molecule has 1 aliphatic carbocycles. The third-order valence-corrected chi connectivity index (χ3v) is 4.60. The van der Waals surface area contributed by atoms with Crippen LogP contribution in [0.1, 0.15) is 44.6 Å². The zero-order valence-electron chi connectivity index (χ0n) is 11.0. The lowest BCUT2D eigenvalue weighted by atomic mass is 10.2. The second-order valence-electron chi connectivity index (χ2n) is 5.00. The van der Waals surface area contributed by atoms with Crippen molar-refractivity contribution in [1.29, 1.82) is 0 Å². The van der Waals surface area contributed by atoms with Gasteiger partial charge in [-0.1, -0.05) is 19.8 Å². The van der Waals surface area contributed by atoms with E-state index < -0.39 is 0 Å². The highest BCUT2D eigenvalue weighted by atomic mass is 32.2. The molecular formula is C15H22FNS.